The van der Waals surface area contributed by atoms with Crippen molar-refractivity contribution >= 4 is 27.5 Å². The van der Waals surface area contributed by atoms with Gasteiger partial charge in [0.1, 0.15) is 5.75 Å². The summed E-state index contributed by atoms with van der Waals surface area (Å²) >= 11 is 3.28. The highest BCUT2D eigenvalue weighted by Gasteiger charge is 2.13. The van der Waals surface area contributed by atoms with Crippen LogP contribution in [0.4, 0.5) is 5.69 Å². The molecule has 1 amide bonds. The van der Waals surface area contributed by atoms with Gasteiger partial charge < -0.3 is 16.2 Å². The van der Waals surface area contributed by atoms with Crippen molar-refractivity contribution in [2.24, 2.45) is 5.73 Å². The lowest BCUT2D eigenvalue weighted by atomic mass is 10.2. The number of primary amides is 1. The first kappa shape index (κ1) is 12.4. The minimum absolute atomic E-state index is 0.292. The number of amides is 1. The second kappa shape index (κ2) is 5.05. The van der Waals surface area contributed by atoms with Gasteiger partial charge >= 0.3 is 0 Å². The van der Waals surface area contributed by atoms with Gasteiger partial charge in [-0.1, -0.05) is 12.1 Å². The second-order valence-electron chi connectivity index (χ2n) is 3.50. The SMILES string of the molecule is NC(=O)c1ccccc1Oc1c(N)cncc1Br. The Morgan fingerprint density at radius 1 is 1.28 bits per heavy atom. The van der Waals surface area contributed by atoms with Crippen LogP contribution in [-0.4, -0.2) is 10.9 Å². The van der Waals surface area contributed by atoms with Crippen LogP contribution in [0.2, 0.25) is 0 Å². The number of nitrogens with zero attached hydrogens (tertiary/aromatic N) is 1. The standard InChI is InChI=1S/C12H10BrN3O2/c13-8-5-16-6-9(14)11(8)18-10-4-2-1-3-7(10)12(15)17/h1-6H,14H2,(H2,15,17). The number of carbonyl (C=O) groups excluding carboxylic acids is 1. The molecule has 0 saturated heterocycles. The minimum atomic E-state index is -0.561. The number of hydrogen-bond acceptors (Lipinski definition) is 4. The number of rotatable bonds is 3. The van der Waals surface area contributed by atoms with Gasteiger partial charge in [0.05, 0.1) is 21.9 Å². The number of pyridine rings is 1. The molecule has 0 aliphatic rings. The molecule has 0 aliphatic carbocycles. The van der Waals surface area contributed by atoms with Gasteiger partial charge in [-0.3, -0.25) is 9.78 Å². The molecule has 0 spiro atoms. The third-order valence-electron chi connectivity index (χ3n) is 2.25. The van der Waals surface area contributed by atoms with Gasteiger partial charge in [-0.2, -0.15) is 0 Å². The molecule has 0 fully saturated rings. The average molecular weight is 308 g/mol. The maximum atomic E-state index is 11.3. The second-order valence-corrected chi connectivity index (χ2v) is 4.36. The van der Waals surface area contributed by atoms with Crippen molar-refractivity contribution in [3.05, 3.63) is 46.7 Å². The van der Waals surface area contributed by atoms with Gasteiger partial charge in [0.15, 0.2) is 5.75 Å². The Labute approximate surface area is 112 Å². The summed E-state index contributed by atoms with van der Waals surface area (Å²) in [6.07, 6.45) is 3.02. The molecule has 2 rings (SSSR count). The van der Waals surface area contributed by atoms with Crippen LogP contribution in [0.5, 0.6) is 11.5 Å². The number of ether oxygens (including phenoxy) is 1. The summed E-state index contributed by atoms with van der Waals surface area (Å²) in [4.78, 5) is 15.2. The highest BCUT2D eigenvalue weighted by molar-refractivity contribution is 9.10. The zero-order valence-electron chi connectivity index (χ0n) is 9.26. The largest absolute Gasteiger partial charge is 0.453 e. The van der Waals surface area contributed by atoms with E-state index in [9.17, 15) is 4.79 Å². The first-order chi connectivity index (χ1) is 8.59. The van der Waals surface area contributed by atoms with Crippen LogP contribution in [0.1, 0.15) is 10.4 Å². The Morgan fingerprint density at radius 3 is 2.67 bits per heavy atom. The van der Waals surface area contributed by atoms with Crippen LogP contribution < -0.4 is 16.2 Å². The molecule has 2 aromatic rings. The molecular weight excluding hydrogens is 298 g/mol. The van der Waals surface area contributed by atoms with E-state index >= 15 is 0 Å². The third-order valence-corrected chi connectivity index (χ3v) is 2.81. The van der Waals surface area contributed by atoms with Crippen molar-refractivity contribution in [2.45, 2.75) is 0 Å². The molecule has 0 bridgehead atoms. The van der Waals surface area contributed by atoms with Gasteiger partial charge in [0, 0.05) is 6.20 Å². The molecule has 1 aromatic carbocycles. The number of para-hydroxylation sites is 1. The zero-order valence-corrected chi connectivity index (χ0v) is 10.8. The van der Waals surface area contributed by atoms with Crippen LogP contribution in [0, 0.1) is 0 Å². The van der Waals surface area contributed by atoms with Crippen LogP contribution in [-0.2, 0) is 0 Å². The van der Waals surface area contributed by atoms with Gasteiger partial charge in [-0.05, 0) is 28.1 Å². The molecule has 6 heteroatoms. The lowest BCUT2D eigenvalue weighted by molar-refractivity contribution is 0.0998. The fourth-order valence-electron chi connectivity index (χ4n) is 1.41. The summed E-state index contributed by atoms with van der Waals surface area (Å²) in [6, 6.07) is 6.68. The van der Waals surface area contributed by atoms with Crippen LogP contribution in [0.15, 0.2) is 41.1 Å². The topological polar surface area (TPSA) is 91.2 Å². The van der Waals surface area contributed by atoms with Crippen LogP contribution in [0.3, 0.4) is 0 Å². The third kappa shape index (κ3) is 2.43. The monoisotopic (exact) mass is 307 g/mol. The fourth-order valence-corrected chi connectivity index (χ4v) is 1.84. The van der Waals surface area contributed by atoms with E-state index in [2.05, 4.69) is 20.9 Å². The molecule has 0 radical (unpaired) electrons. The maximum Gasteiger partial charge on any atom is 0.252 e. The predicted molar refractivity (Wildman–Crippen MR) is 71.4 cm³/mol. The average Bonchev–Trinajstić information content (AvgIpc) is 2.34. The normalized spacial score (nSPS) is 10.1. The zero-order chi connectivity index (χ0) is 13.1. The van der Waals surface area contributed by atoms with E-state index < -0.39 is 5.91 Å². The summed E-state index contributed by atoms with van der Waals surface area (Å²) in [7, 11) is 0. The number of halogens is 1. The molecule has 4 N–H and O–H groups in total. The molecule has 5 nitrogen and oxygen atoms in total. The molecule has 0 saturated carbocycles. The summed E-state index contributed by atoms with van der Waals surface area (Å²) in [5.74, 6) is 0.191. The van der Waals surface area contributed by atoms with E-state index in [4.69, 9.17) is 16.2 Å². The van der Waals surface area contributed by atoms with Gasteiger partial charge in [-0.25, -0.2) is 0 Å². The van der Waals surface area contributed by atoms with Crippen molar-refractivity contribution < 1.29 is 9.53 Å². The van der Waals surface area contributed by atoms with Crippen LogP contribution in [0.25, 0.3) is 0 Å². The summed E-state index contributed by atoms with van der Waals surface area (Å²) in [6.45, 7) is 0. The molecule has 1 aromatic heterocycles. The smallest absolute Gasteiger partial charge is 0.252 e. The predicted octanol–water partition coefficient (Wildman–Crippen LogP) is 2.32. The Hall–Kier alpha value is -2.08. The van der Waals surface area contributed by atoms with Crippen molar-refractivity contribution in [1.29, 1.82) is 0 Å². The van der Waals surface area contributed by atoms with E-state index in [1.807, 2.05) is 0 Å². The highest BCUT2D eigenvalue weighted by atomic mass is 79.9. The van der Waals surface area contributed by atoms with Gasteiger partial charge in [0.25, 0.3) is 5.91 Å². The number of aromatic nitrogens is 1. The van der Waals surface area contributed by atoms with E-state index in [-0.39, 0.29) is 0 Å². The van der Waals surface area contributed by atoms with Crippen molar-refractivity contribution in [2.75, 3.05) is 5.73 Å². The van der Waals surface area contributed by atoms with Crippen molar-refractivity contribution in [3.8, 4) is 11.5 Å². The quantitative estimate of drug-likeness (QED) is 0.910. The van der Waals surface area contributed by atoms with Crippen molar-refractivity contribution in [3.63, 3.8) is 0 Å². The summed E-state index contributed by atoms with van der Waals surface area (Å²) < 4.78 is 6.22. The summed E-state index contributed by atoms with van der Waals surface area (Å²) in [5, 5.41) is 0. The number of nitrogens with two attached hydrogens (primary N) is 2. The number of anilines is 1. The van der Waals surface area contributed by atoms with Crippen LogP contribution >= 0.6 is 15.9 Å². The van der Waals surface area contributed by atoms with Crippen molar-refractivity contribution in [1.82, 2.24) is 4.98 Å². The number of nitrogen functional groups attached to an aromatic ring is 1. The fraction of sp³-hybridized carbons (Fsp3) is 0. The Morgan fingerprint density at radius 2 is 2.00 bits per heavy atom. The number of carbonyl (C=O) groups is 1. The van der Waals surface area contributed by atoms with E-state index in [0.29, 0.717) is 27.2 Å². The Balaban J connectivity index is 2.43. The summed E-state index contributed by atoms with van der Waals surface area (Å²) in [5.41, 5.74) is 11.7. The number of hydrogen-bond donors (Lipinski definition) is 2. The van der Waals surface area contributed by atoms with E-state index in [1.54, 1.807) is 30.5 Å². The van der Waals surface area contributed by atoms with Gasteiger partial charge in [-0.15, -0.1) is 0 Å². The highest BCUT2D eigenvalue weighted by Crippen LogP contribution is 2.35. The Kier molecular flexibility index (Phi) is 3.47. The number of benzene rings is 1. The van der Waals surface area contributed by atoms with E-state index in [0.717, 1.165) is 0 Å². The van der Waals surface area contributed by atoms with Gasteiger partial charge in [0.2, 0.25) is 0 Å². The Bertz CT molecular complexity index is 581. The first-order valence-corrected chi connectivity index (χ1v) is 5.84. The molecule has 0 atom stereocenters. The van der Waals surface area contributed by atoms with E-state index in [1.165, 1.54) is 6.20 Å². The first-order valence-electron chi connectivity index (χ1n) is 5.05. The lowest BCUT2D eigenvalue weighted by Gasteiger charge is -2.11. The molecular formula is C12H10BrN3O2. The lowest BCUT2D eigenvalue weighted by Crippen LogP contribution is -2.12. The molecule has 1 heterocycles. The molecule has 0 unspecified atom stereocenters. The molecule has 92 valence electrons. The minimum Gasteiger partial charge on any atom is -0.453 e. The molecule has 0 aliphatic heterocycles. The molecule has 18 heavy (non-hydrogen) atoms. The maximum absolute atomic E-state index is 11.3.